The third-order valence-corrected chi connectivity index (χ3v) is 6.12. The molecule has 2 aromatic carbocycles. The summed E-state index contributed by atoms with van der Waals surface area (Å²) in [5.41, 5.74) is 5.23. The molecule has 1 unspecified atom stereocenters. The summed E-state index contributed by atoms with van der Waals surface area (Å²) in [5.74, 6) is -0.419. The van der Waals surface area contributed by atoms with Crippen LogP contribution in [0.5, 0.6) is 0 Å². The molecule has 0 fully saturated rings. The first kappa shape index (κ1) is 20.9. The SMILES string of the molecule is CCC(NCc1sc(-c2ccc(C(=O)c3ccccc3)cc2)cc1C)C(=O)NO. The maximum absolute atomic E-state index is 12.6. The third kappa shape index (κ3) is 4.98. The van der Waals surface area contributed by atoms with Gasteiger partial charge in [-0.1, -0.05) is 61.5 Å². The molecule has 6 heteroatoms. The molecule has 0 spiro atoms. The summed E-state index contributed by atoms with van der Waals surface area (Å²) in [7, 11) is 0. The van der Waals surface area contributed by atoms with E-state index < -0.39 is 11.9 Å². The van der Waals surface area contributed by atoms with Crippen molar-refractivity contribution in [3.05, 3.63) is 82.2 Å². The first-order chi connectivity index (χ1) is 14.0. The van der Waals surface area contributed by atoms with Gasteiger partial charge >= 0.3 is 0 Å². The lowest BCUT2D eigenvalue weighted by Crippen LogP contribution is -2.42. The van der Waals surface area contributed by atoms with Crippen LogP contribution in [0.15, 0.2) is 60.7 Å². The second-order valence-electron chi connectivity index (χ2n) is 6.81. The predicted molar refractivity (Wildman–Crippen MR) is 115 cm³/mol. The summed E-state index contributed by atoms with van der Waals surface area (Å²) in [6.07, 6.45) is 0.584. The Hall–Kier alpha value is -2.80. The van der Waals surface area contributed by atoms with E-state index in [2.05, 4.69) is 11.4 Å². The van der Waals surface area contributed by atoms with Crippen molar-refractivity contribution in [2.45, 2.75) is 32.9 Å². The summed E-state index contributed by atoms with van der Waals surface area (Å²) >= 11 is 1.65. The highest BCUT2D eigenvalue weighted by Gasteiger charge is 2.16. The number of carbonyl (C=O) groups excluding carboxylic acids is 2. The van der Waals surface area contributed by atoms with E-state index >= 15 is 0 Å². The lowest BCUT2D eigenvalue weighted by molar-refractivity contribution is -0.131. The van der Waals surface area contributed by atoms with Crippen LogP contribution in [0.3, 0.4) is 0 Å². The number of hydrogen-bond donors (Lipinski definition) is 3. The first-order valence-corrected chi connectivity index (χ1v) is 10.3. The van der Waals surface area contributed by atoms with Gasteiger partial charge in [-0.05, 0) is 30.5 Å². The number of nitrogens with one attached hydrogen (secondary N) is 2. The molecule has 0 aliphatic rings. The van der Waals surface area contributed by atoms with E-state index in [1.165, 1.54) is 0 Å². The number of ketones is 1. The molecule has 150 valence electrons. The first-order valence-electron chi connectivity index (χ1n) is 9.50. The van der Waals surface area contributed by atoms with E-state index in [-0.39, 0.29) is 5.78 Å². The van der Waals surface area contributed by atoms with Crippen LogP contribution in [0.1, 0.15) is 39.7 Å². The second-order valence-corrected chi connectivity index (χ2v) is 7.94. The Bertz CT molecular complexity index is 981. The molecule has 3 N–H and O–H groups in total. The highest BCUT2D eigenvalue weighted by Crippen LogP contribution is 2.31. The molecule has 0 saturated carbocycles. The van der Waals surface area contributed by atoms with Gasteiger partial charge in [0.05, 0.1) is 6.04 Å². The van der Waals surface area contributed by atoms with Gasteiger partial charge in [-0.2, -0.15) is 0 Å². The standard InChI is InChI=1S/C23H24N2O3S/c1-3-19(23(27)25-28)24-14-21-15(2)13-20(29-21)16-9-11-18(12-10-16)22(26)17-7-5-4-6-8-17/h4-13,19,24,28H,3,14H2,1-2H3,(H,25,27). The molecular formula is C23H24N2O3S. The molecule has 1 aromatic heterocycles. The van der Waals surface area contributed by atoms with Crippen LogP contribution in [-0.2, 0) is 11.3 Å². The molecule has 0 bridgehead atoms. The average Bonchev–Trinajstić information content (AvgIpc) is 3.14. The maximum Gasteiger partial charge on any atom is 0.260 e. The van der Waals surface area contributed by atoms with Gasteiger partial charge < -0.3 is 5.32 Å². The van der Waals surface area contributed by atoms with Gasteiger partial charge in [0, 0.05) is 27.4 Å². The number of aryl methyl sites for hydroxylation is 1. The van der Waals surface area contributed by atoms with Crippen molar-refractivity contribution in [1.82, 2.24) is 10.8 Å². The Balaban J connectivity index is 1.72. The number of rotatable bonds is 8. The minimum absolute atomic E-state index is 0.0113. The molecule has 1 amide bonds. The van der Waals surface area contributed by atoms with E-state index in [1.807, 2.05) is 68.4 Å². The molecule has 1 atom stereocenters. The molecule has 0 aliphatic heterocycles. The Morgan fingerprint density at radius 2 is 1.69 bits per heavy atom. The largest absolute Gasteiger partial charge is 0.301 e. The highest BCUT2D eigenvalue weighted by molar-refractivity contribution is 7.15. The van der Waals surface area contributed by atoms with Crippen molar-refractivity contribution in [2.75, 3.05) is 0 Å². The number of hydrogen-bond acceptors (Lipinski definition) is 5. The van der Waals surface area contributed by atoms with E-state index in [4.69, 9.17) is 5.21 Å². The highest BCUT2D eigenvalue weighted by atomic mass is 32.1. The summed E-state index contributed by atoms with van der Waals surface area (Å²) in [6.45, 7) is 4.47. The Kier molecular flexibility index (Phi) is 6.93. The topological polar surface area (TPSA) is 78.4 Å². The fourth-order valence-corrected chi connectivity index (χ4v) is 4.23. The van der Waals surface area contributed by atoms with Crippen molar-refractivity contribution < 1.29 is 14.8 Å². The van der Waals surface area contributed by atoms with Crippen molar-refractivity contribution in [1.29, 1.82) is 0 Å². The van der Waals surface area contributed by atoms with Crippen LogP contribution >= 0.6 is 11.3 Å². The Morgan fingerprint density at radius 3 is 2.31 bits per heavy atom. The second kappa shape index (κ2) is 9.60. The number of amides is 1. The van der Waals surface area contributed by atoms with Crippen LogP contribution in [0.25, 0.3) is 10.4 Å². The average molecular weight is 409 g/mol. The van der Waals surface area contributed by atoms with E-state index in [0.29, 0.717) is 24.1 Å². The van der Waals surface area contributed by atoms with Gasteiger partial charge in [-0.3, -0.25) is 14.8 Å². The van der Waals surface area contributed by atoms with Gasteiger partial charge in [-0.25, -0.2) is 5.48 Å². The van der Waals surface area contributed by atoms with E-state index in [9.17, 15) is 9.59 Å². The molecule has 5 nitrogen and oxygen atoms in total. The van der Waals surface area contributed by atoms with Crippen molar-refractivity contribution in [2.24, 2.45) is 0 Å². The van der Waals surface area contributed by atoms with Crippen molar-refractivity contribution >= 4 is 23.0 Å². The molecule has 29 heavy (non-hydrogen) atoms. The summed E-state index contributed by atoms with van der Waals surface area (Å²) < 4.78 is 0. The van der Waals surface area contributed by atoms with Crippen molar-refractivity contribution in [3.63, 3.8) is 0 Å². The fourth-order valence-electron chi connectivity index (χ4n) is 3.10. The number of benzene rings is 2. The van der Waals surface area contributed by atoms with Gasteiger partial charge in [0.1, 0.15) is 0 Å². The van der Waals surface area contributed by atoms with E-state index in [0.717, 1.165) is 20.9 Å². The minimum atomic E-state index is -0.437. The number of carbonyl (C=O) groups is 2. The quantitative estimate of drug-likeness (QED) is 0.295. The minimum Gasteiger partial charge on any atom is -0.301 e. The summed E-state index contributed by atoms with van der Waals surface area (Å²) in [5, 5.41) is 12.0. The lowest BCUT2D eigenvalue weighted by Gasteiger charge is -2.14. The smallest absolute Gasteiger partial charge is 0.260 e. The number of thiophene rings is 1. The Labute approximate surface area is 174 Å². The van der Waals surface area contributed by atoms with Crippen LogP contribution < -0.4 is 10.8 Å². The normalized spacial score (nSPS) is 11.8. The molecule has 0 aliphatic carbocycles. The van der Waals surface area contributed by atoms with Gasteiger partial charge in [0.15, 0.2) is 5.78 Å². The zero-order valence-electron chi connectivity index (χ0n) is 16.4. The van der Waals surface area contributed by atoms with Crippen LogP contribution in [0.4, 0.5) is 0 Å². The van der Waals surface area contributed by atoms with Crippen LogP contribution in [0, 0.1) is 6.92 Å². The zero-order chi connectivity index (χ0) is 20.8. The molecule has 3 rings (SSSR count). The number of hydroxylamine groups is 1. The summed E-state index contributed by atoms with van der Waals surface area (Å²) in [4.78, 5) is 26.4. The van der Waals surface area contributed by atoms with Crippen molar-refractivity contribution in [3.8, 4) is 10.4 Å². The van der Waals surface area contributed by atoms with Crippen LogP contribution in [-0.4, -0.2) is 22.9 Å². The molecular weight excluding hydrogens is 384 g/mol. The van der Waals surface area contributed by atoms with Gasteiger partial charge in [0.25, 0.3) is 5.91 Å². The molecule has 1 heterocycles. The third-order valence-electron chi connectivity index (χ3n) is 4.83. The van der Waals surface area contributed by atoms with Gasteiger partial charge in [-0.15, -0.1) is 11.3 Å². The van der Waals surface area contributed by atoms with Gasteiger partial charge in [0.2, 0.25) is 0 Å². The molecule has 0 saturated heterocycles. The molecule has 0 radical (unpaired) electrons. The fraction of sp³-hybridized carbons (Fsp3) is 0.217. The maximum atomic E-state index is 12.6. The van der Waals surface area contributed by atoms with E-state index in [1.54, 1.807) is 16.8 Å². The Morgan fingerprint density at radius 1 is 1.03 bits per heavy atom. The van der Waals surface area contributed by atoms with Crippen LogP contribution in [0.2, 0.25) is 0 Å². The zero-order valence-corrected chi connectivity index (χ0v) is 17.3. The lowest BCUT2D eigenvalue weighted by atomic mass is 10.0. The summed E-state index contributed by atoms with van der Waals surface area (Å²) in [6, 6.07) is 18.6. The molecule has 3 aromatic rings. The monoisotopic (exact) mass is 408 g/mol. The predicted octanol–water partition coefficient (Wildman–Crippen LogP) is 4.33.